The minimum Gasteiger partial charge on any atom is -0.326 e. The summed E-state index contributed by atoms with van der Waals surface area (Å²) >= 11 is 0. The third-order valence-corrected chi connectivity index (χ3v) is 4.63. The fraction of sp³-hybridized carbons (Fsp3) is 0.217. The van der Waals surface area contributed by atoms with Crippen molar-refractivity contribution in [3.63, 3.8) is 0 Å². The number of para-hydroxylation sites is 2. The van der Waals surface area contributed by atoms with Crippen molar-refractivity contribution in [1.82, 2.24) is 14.7 Å². The molecule has 1 aromatic heterocycles. The lowest BCUT2D eigenvalue weighted by Crippen LogP contribution is -2.46. The lowest BCUT2D eigenvalue weighted by molar-refractivity contribution is -0.120. The SMILES string of the molecule is CCCN(C(=O)c1ccc(=O)n(-c2ccccc2)n1)C(C)C(=O)Nc1ccccc1. The predicted molar refractivity (Wildman–Crippen MR) is 116 cm³/mol. The van der Waals surface area contributed by atoms with Crippen LogP contribution >= 0.6 is 0 Å². The molecule has 1 unspecified atom stereocenters. The second-order valence-electron chi connectivity index (χ2n) is 6.83. The monoisotopic (exact) mass is 404 g/mol. The van der Waals surface area contributed by atoms with Gasteiger partial charge in [0.05, 0.1) is 5.69 Å². The van der Waals surface area contributed by atoms with Gasteiger partial charge in [0, 0.05) is 18.3 Å². The molecular formula is C23H24N4O3. The Morgan fingerprint density at radius 2 is 1.63 bits per heavy atom. The van der Waals surface area contributed by atoms with Crippen LogP contribution in [0, 0.1) is 0 Å². The first-order valence-corrected chi connectivity index (χ1v) is 9.84. The van der Waals surface area contributed by atoms with Crippen molar-refractivity contribution >= 4 is 17.5 Å². The molecule has 7 nitrogen and oxygen atoms in total. The summed E-state index contributed by atoms with van der Waals surface area (Å²) in [6.07, 6.45) is 0.674. The minimum atomic E-state index is -0.712. The molecule has 0 aliphatic carbocycles. The second-order valence-corrected chi connectivity index (χ2v) is 6.83. The number of carbonyl (C=O) groups excluding carboxylic acids is 2. The number of rotatable bonds is 7. The Hall–Kier alpha value is -3.74. The number of anilines is 1. The van der Waals surface area contributed by atoms with Crippen LogP contribution in [0.3, 0.4) is 0 Å². The molecule has 1 atom stereocenters. The summed E-state index contributed by atoms with van der Waals surface area (Å²) < 4.78 is 1.19. The molecule has 0 saturated heterocycles. The highest BCUT2D eigenvalue weighted by Crippen LogP contribution is 2.12. The van der Waals surface area contributed by atoms with Crippen molar-refractivity contribution in [2.75, 3.05) is 11.9 Å². The standard InChI is InChI=1S/C23H24N4O3/c1-3-16-26(17(2)22(29)24-18-10-6-4-7-11-18)23(30)20-14-15-21(28)27(25-20)19-12-8-5-9-13-19/h4-15,17H,3,16H2,1-2H3,(H,24,29). The van der Waals surface area contributed by atoms with Gasteiger partial charge in [-0.15, -0.1) is 0 Å². The van der Waals surface area contributed by atoms with Gasteiger partial charge in [0.1, 0.15) is 11.7 Å². The zero-order valence-electron chi connectivity index (χ0n) is 17.0. The van der Waals surface area contributed by atoms with E-state index >= 15 is 0 Å². The van der Waals surface area contributed by atoms with Crippen molar-refractivity contribution in [2.45, 2.75) is 26.3 Å². The Balaban J connectivity index is 1.86. The van der Waals surface area contributed by atoms with E-state index in [2.05, 4.69) is 10.4 Å². The number of aromatic nitrogens is 2. The van der Waals surface area contributed by atoms with Crippen LogP contribution < -0.4 is 10.9 Å². The Labute approximate surface area is 175 Å². The first-order chi connectivity index (χ1) is 14.5. The van der Waals surface area contributed by atoms with Gasteiger partial charge in [-0.25, -0.2) is 0 Å². The van der Waals surface area contributed by atoms with Crippen LogP contribution in [0.4, 0.5) is 5.69 Å². The molecule has 3 rings (SSSR count). The highest BCUT2D eigenvalue weighted by Gasteiger charge is 2.27. The summed E-state index contributed by atoms with van der Waals surface area (Å²) in [4.78, 5) is 39.6. The molecule has 0 spiro atoms. The van der Waals surface area contributed by atoms with Gasteiger partial charge in [-0.05, 0) is 43.7 Å². The maximum atomic E-state index is 13.2. The normalized spacial score (nSPS) is 11.5. The summed E-state index contributed by atoms with van der Waals surface area (Å²) in [5.41, 5.74) is 0.990. The molecule has 0 fully saturated rings. The van der Waals surface area contributed by atoms with Crippen LogP contribution in [0.15, 0.2) is 77.6 Å². The van der Waals surface area contributed by atoms with Crippen molar-refractivity contribution in [3.8, 4) is 5.69 Å². The summed E-state index contributed by atoms with van der Waals surface area (Å²) in [5.74, 6) is -0.698. The van der Waals surface area contributed by atoms with Gasteiger partial charge < -0.3 is 10.2 Å². The van der Waals surface area contributed by atoms with Gasteiger partial charge in [-0.2, -0.15) is 9.78 Å². The van der Waals surface area contributed by atoms with E-state index in [-0.39, 0.29) is 17.2 Å². The van der Waals surface area contributed by atoms with E-state index in [0.717, 1.165) is 0 Å². The van der Waals surface area contributed by atoms with Crippen LogP contribution in [0.5, 0.6) is 0 Å². The number of hydrogen-bond donors (Lipinski definition) is 1. The molecule has 0 aliphatic rings. The number of carbonyl (C=O) groups is 2. The largest absolute Gasteiger partial charge is 0.326 e. The first-order valence-electron chi connectivity index (χ1n) is 9.84. The van der Waals surface area contributed by atoms with Crippen LogP contribution in [0.25, 0.3) is 5.69 Å². The number of amides is 2. The van der Waals surface area contributed by atoms with Gasteiger partial charge >= 0.3 is 0 Å². The Morgan fingerprint density at radius 1 is 1.00 bits per heavy atom. The van der Waals surface area contributed by atoms with Crippen molar-refractivity contribution in [2.24, 2.45) is 0 Å². The fourth-order valence-corrected chi connectivity index (χ4v) is 3.05. The lowest BCUT2D eigenvalue weighted by Gasteiger charge is -2.28. The molecule has 3 aromatic rings. The summed E-state index contributed by atoms with van der Waals surface area (Å²) in [6.45, 7) is 3.99. The zero-order chi connectivity index (χ0) is 21.5. The quantitative estimate of drug-likeness (QED) is 0.656. The topological polar surface area (TPSA) is 84.3 Å². The van der Waals surface area contributed by atoms with Crippen LogP contribution in [-0.2, 0) is 4.79 Å². The molecule has 0 radical (unpaired) electrons. The third-order valence-electron chi connectivity index (χ3n) is 4.63. The van der Waals surface area contributed by atoms with Crippen molar-refractivity contribution < 1.29 is 9.59 Å². The van der Waals surface area contributed by atoms with Crippen LogP contribution in [0.2, 0.25) is 0 Å². The second kappa shape index (κ2) is 9.65. The summed E-state index contributed by atoms with van der Waals surface area (Å²) in [5, 5.41) is 7.08. The molecule has 0 aliphatic heterocycles. The van der Waals surface area contributed by atoms with Gasteiger partial charge in [-0.3, -0.25) is 14.4 Å². The molecule has 0 bridgehead atoms. The lowest BCUT2D eigenvalue weighted by atomic mass is 10.2. The fourth-order valence-electron chi connectivity index (χ4n) is 3.05. The van der Waals surface area contributed by atoms with E-state index in [9.17, 15) is 14.4 Å². The Kier molecular flexibility index (Phi) is 6.75. The molecule has 30 heavy (non-hydrogen) atoms. The summed E-state index contributed by atoms with van der Waals surface area (Å²) in [7, 11) is 0. The van der Waals surface area contributed by atoms with Gasteiger partial charge in [-0.1, -0.05) is 43.3 Å². The van der Waals surface area contributed by atoms with Gasteiger partial charge in [0.25, 0.3) is 11.5 Å². The number of nitrogens with zero attached hydrogens (tertiary/aromatic N) is 3. The highest BCUT2D eigenvalue weighted by atomic mass is 16.2. The molecular weight excluding hydrogens is 380 g/mol. The Morgan fingerprint density at radius 3 is 2.27 bits per heavy atom. The molecule has 2 aromatic carbocycles. The molecule has 7 heteroatoms. The van der Waals surface area contributed by atoms with E-state index < -0.39 is 11.9 Å². The smallest absolute Gasteiger partial charge is 0.274 e. The molecule has 1 heterocycles. The van der Waals surface area contributed by atoms with Crippen LogP contribution in [0.1, 0.15) is 30.8 Å². The molecule has 0 saturated carbocycles. The minimum absolute atomic E-state index is 0.103. The molecule has 154 valence electrons. The number of hydrogen-bond acceptors (Lipinski definition) is 4. The maximum Gasteiger partial charge on any atom is 0.274 e. The first kappa shape index (κ1) is 21.0. The van der Waals surface area contributed by atoms with Gasteiger partial charge in [0.15, 0.2) is 0 Å². The van der Waals surface area contributed by atoms with E-state index in [0.29, 0.717) is 24.3 Å². The third kappa shape index (κ3) is 4.81. The Bertz CT molecular complexity index is 1060. The van der Waals surface area contributed by atoms with Crippen molar-refractivity contribution in [1.29, 1.82) is 0 Å². The van der Waals surface area contributed by atoms with E-state index in [1.165, 1.54) is 21.7 Å². The number of nitrogens with one attached hydrogen (secondary N) is 1. The maximum absolute atomic E-state index is 13.2. The van der Waals surface area contributed by atoms with Crippen molar-refractivity contribution in [3.05, 3.63) is 88.8 Å². The average Bonchev–Trinajstić information content (AvgIpc) is 2.78. The summed E-state index contributed by atoms with van der Waals surface area (Å²) in [6, 6.07) is 20.0. The molecule has 2 amide bonds. The van der Waals surface area contributed by atoms with E-state index in [1.54, 1.807) is 43.3 Å². The zero-order valence-corrected chi connectivity index (χ0v) is 17.0. The predicted octanol–water partition coefficient (Wildman–Crippen LogP) is 3.11. The van der Waals surface area contributed by atoms with E-state index in [1.807, 2.05) is 31.2 Å². The van der Waals surface area contributed by atoms with E-state index in [4.69, 9.17) is 0 Å². The average molecular weight is 404 g/mol. The van der Waals surface area contributed by atoms with Gasteiger partial charge in [0.2, 0.25) is 5.91 Å². The van der Waals surface area contributed by atoms with Crippen LogP contribution in [-0.4, -0.2) is 39.1 Å². The number of benzene rings is 2. The molecule has 1 N–H and O–H groups in total. The highest BCUT2D eigenvalue weighted by molar-refractivity contribution is 6.00.